The summed E-state index contributed by atoms with van der Waals surface area (Å²) in [5, 5.41) is 0. The Morgan fingerprint density at radius 3 is 3.05 bits per heavy atom. The molecule has 0 saturated carbocycles. The molecule has 0 aliphatic carbocycles. The van der Waals surface area contributed by atoms with Crippen molar-refractivity contribution in [2.45, 2.75) is 12.5 Å². The molecular formula is C14H18FNO3. The van der Waals surface area contributed by atoms with Crippen molar-refractivity contribution >= 4 is 5.91 Å². The summed E-state index contributed by atoms with van der Waals surface area (Å²) < 4.78 is 23.6. The highest BCUT2D eigenvalue weighted by atomic mass is 19.1. The van der Waals surface area contributed by atoms with Gasteiger partial charge in [-0.15, -0.1) is 0 Å². The zero-order chi connectivity index (χ0) is 13.7. The fourth-order valence-electron chi connectivity index (χ4n) is 2.15. The number of amides is 1. The summed E-state index contributed by atoms with van der Waals surface area (Å²) in [5.41, 5.74) is 0.387. The van der Waals surface area contributed by atoms with Crippen molar-refractivity contribution in [1.82, 2.24) is 4.90 Å². The normalized spacial score (nSPS) is 18.8. The number of nitrogens with zero attached hydrogens (tertiary/aromatic N) is 1. The van der Waals surface area contributed by atoms with Crippen LogP contribution in [0.5, 0.6) is 0 Å². The Hall–Kier alpha value is -1.46. The van der Waals surface area contributed by atoms with Crippen LogP contribution in [-0.4, -0.2) is 50.3 Å². The first kappa shape index (κ1) is 14.0. The second-order valence-corrected chi connectivity index (χ2v) is 4.54. The minimum Gasteiger partial charge on any atom is -0.382 e. The SMILES string of the molecule is COCCOC1CCN(C(=O)c2cccc(F)c2)C1. The van der Waals surface area contributed by atoms with Crippen LogP contribution in [0, 0.1) is 5.82 Å². The van der Waals surface area contributed by atoms with Gasteiger partial charge in [-0.05, 0) is 24.6 Å². The Morgan fingerprint density at radius 2 is 2.32 bits per heavy atom. The first-order valence-electron chi connectivity index (χ1n) is 6.36. The number of ether oxygens (including phenoxy) is 2. The summed E-state index contributed by atoms with van der Waals surface area (Å²) in [5.74, 6) is -0.532. The molecular weight excluding hydrogens is 249 g/mol. The fraction of sp³-hybridized carbons (Fsp3) is 0.500. The van der Waals surface area contributed by atoms with Crippen LogP contribution in [0.25, 0.3) is 0 Å². The molecule has 5 heteroatoms. The molecule has 0 aromatic heterocycles. The number of rotatable bonds is 5. The Kier molecular flexibility index (Phi) is 4.87. The molecule has 2 rings (SSSR count). The lowest BCUT2D eigenvalue weighted by Gasteiger charge is -2.16. The van der Waals surface area contributed by atoms with Gasteiger partial charge in [0.25, 0.3) is 5.91 Å². The molecule has 1 aliphatic heterocycles. The first-order valence-corrected chi connectivity index (χ1v) is 6.36. The van der Waals surface area contributed by atoms with Crippen molar-refractivity contribution in [3.8, 4) is 0 Å². The molecule has 0 N–H and O–H groups in total. The molecule has 0 bridgehead atoms. The van der Waals surface area contributed by atoms with Gasteiger partial charge in [-0.3, -0.25) is 4.79 Å². The van der Waals surface area contributed by atoms with Crippen LogP contribution in [-0.2, 0) is 9.47 Å². The Morgan fingerprint density at radius 1 is 1.47 bits per heavy atom. The third-order valence-electron chi connectivity index (χ3n) is 3.14. The van der Waals surface area contributed by atoms with Crippen molar-refractivity contribution in [2.75, 3.05) is 33.4 Å². The van der Waals surface area contributed by atoms with Crippen LogP contribution in [0.1, 0.15) is 16.8 Å². The lowest BCUT2D eigenvalue weighted by atomic mass is 10.2. The summed E-state index contributed by atoms with van der Waals surface area (Å²) in [4.78, 5) is 13.9. The van der Waals surface area contributed by atoms with Gasteiger partial charge in [0.2, 0.25) is 0 Å². The topological polar surface area (TPSA) is 38.8 Å². The summed E-state index contributed by atoms with van der Waals surface area (Å²) in [7, 11) is 1.62. The van der Waals surface area contributed by atoms with Crippen LogP contribution in [0.3, 0.4) is 0 Å². The maximum atomic E-state index is 13.1. The average molecular weight is 267 g/mol. The van der Waals surface area contributed by atoms with E-state index < -0.39 is 5.82 Å². The number of carbonyl (C=O) groups excluding carboxylic acids is 1. The van der Waals surface area contributed by atoms with E-state index in [0.29, 0.717) is 31.9 Å². The molecule has 0 spiro atoms. The Bertz CT molecular complexity index is 438. The highest BCUT2D eigenvalue weighted by molar-refractivity contribution is 5.94. The highest BCUT2D eigenvalue weighted by Gasteiger charge is 2.27. The second kappa shape index (κ2) is 6.63. The smallest absolute Gasteiger partial charge is 0.254 e. The zero-order valence-corrected chi connectivity index (χ0v) is 11.0. The molecule has 1 fully saturated rings. The van der Waals surface area contributed by atoms with Crippen LogP contribution in [0.15, 0.2) is 24.3 Å². The van der Waals surface area contributed by atoms with Gasteiger partial charge in [-0.1, -0.05) is 6.07 Å². The number of hydrogen-bond donors (Lipinski definition) is 0. The molecule has 1 aliphatic rings. The van der Waals surface area contributed by atoms with Crippen LogP contribution >= 0.6 is 0 Å². The van der Waals surface area contributed by atoms with E-state index in [4.69, 9.17) is 9.47 Å². The molecule has 1 heterocycles. The van der Waals surface area contributed by atoms with Gasteiger partial charge in [-0.2, -0.15) is 0 Å². The number of halogens is 1. The van der Waals surface area contributed by atoms with E-state index in [0.717, 1.165) is 6.42 Å². The minimum absolute atomic E-state index is 0.0488. The molecule has 4 nitrogen and oxygen atoms in total. The van der Waals surface area contributed by atoms with E-state index in [2.05, 4.69) is 0 Å². The first-order chi connectivity index (χ1) is 9.20. The third-order valence-corrected chi connectivity index (χ3v) is 3.14. The zero-order valence-electron chi connectivity index (χ0n) is 11.0. The van der Waals surface area contributed by atoms with Gasteiger partial charge >= 0.3 is 0 Å². The lowest BCUT2D eigenvalue weighted by Crippen LogP contribution is -2.30. The molecule has 1 amide bonds. The van der Waals surface area contributed by atoms with Gasteiger partial charge in [-0.25, -0.2) is 4.39 Å². The van der Waals surface area contributed by atoms with Gasteiger partial charge in [0.15, 0.2) is 0 Å². The molecule has 1 aromatic rings. The number of benzene rings is 1. The van der Waals surface area contributed by atoms with Gasteiger partial charge in [0, 0.05) is 25.8 Å². The predicted octanol–water partition coefficient (Wildman–Crippen LogP) is 1.70. The monoisotopic (exact) mass is 267 g/mol. The Balaban J connectivity index is 1.88. The van der Waals surface area contributed by atoms with Crippen LogP contribution in [0.4, 0.5) is 4.39 Å². The highest BCUT2D eigenvalue weighted by Crippen LogP contribution is 2.16. The molecule has 19 heavy (non-hydrogen) atoms. The lowest BCUT2D eigenvalue weighted by molar-refractivity contribution is 0.0218. The molecule has 1 aromatic carbocycles. The second-order valence-electron chi connectivity index (χ2n) is 4.54. The van der Waals surface area contributed by atoms with Crippen molar-refractivity contribution < 1.29 is 18.7 Å². The average Bonchev–Trinajstić information content (AvgIpc) is 2.87. The van der Waals surface area contributed by atoms with E-state index in [9.17, 15) is 9.18 Å². The maximum absolute atomic E-state index is 13.1. The van der Waals surface area contributed by atoms with E-state index in [1.54, 1.807) is 24.1 Å². The minimum atomic E-state index is -0.391. The van der Waals surface area contributed by atoms with Crippen molar-refractivity contribution in [3.63, 3.8) is 0 Å². The molecule has 0 radical (unpaired) electrons. The summed E-state index contributed by atoms with van der Waals surface area (Å²) in [6.45, 7) is 2.28. The Labute approximate surface area is 112 Å². The quantitative estimate of drug-likeness (QED) is 0.762. The largest absolute Gasteiger partial charge is 0.382 e. The predicted molar refractivity (Wildman–Crippen MR) is 68.5 cm³/mol. The third kappa shape index (κ3) is 3.75. The summed E-state index contributed by atoms with van der Waals surface area (Å²) >= 11 is 0. The number of hydrogen-bond acceptors (Lipinski definition) is 3. The van der Waals surface area contributed by atoms with Gasteiger partial charge in [0.05, 0.1) is 19.3 Å². The standard InChI is InChI=1S/C14H18FNO3/c1-18-7-8-19-13-5-6-16(10-13)14(17)11-3-2-4-12(15)9-11/h2-4,9,13H,5-8,10H2,1H3. The fourth-order valence-corrected chi connectivity index (χ4v) is 2.15. The van der Waals surface area contributed by atoms with E-state index >= 15 is 0 Å². The van der Waals surface area contributed by atoms with E-state index in [1.807, 2.05) is 0 Å². The van der Waals surface area contributed by atoms with E-state index in [1.165, 1.54) is 12.1 Å². The molecule has 1 unspecified atom stereocenters. The molecule has 1 saturated heterocycles. The molecule has 104 valence electrons. The summed E-state index contributed by atoms with van der Waals surface area (Å²) in [6.07, 6.45) is 0.859. The van der Waals surface area contributed by atoms with Crippen molar-refractivity contribution in [3.05, 3.63) is 35.6 Å². The van der Waals surface area contributed by atoms with Crippen molar-refractivity contribution in [1.29, 1.82) is 0 Å². The van der Waals surface area contributed by atoms with Crippen LogP contribution < -0.4 is 0 Å². The van der Waals surface area contributed by atoms with Crippen molar-refractivity contribution in [2.24, 2.45) is 0 Å². The van der Waals surface area contributed by atoms with Gasteiger partial charge < -0.3 is 14.4 Å². The van der Waals surface area contributed by atoms with E-state index in [-0.39, 0.29) is 12.0 Å². The molecule has 1 atom stereocenters. The number of carbonyl (C=O) groups is 1. The van der Waals surface area contributed by atoms with Gasteiger partial charge in [0.1, 0.15) is 5.82 Å². The maximum Gasteiger partial charge on any atom is 0.254 e. The number of methoxy groups -OCH3 is 1. The van der Waals surface area contributed by atoms with Crippen LogP contribution in [0.2, 0.25) is 0 Å². The number of likely N-dealkylation sites (tertiary alicyclic amines) is 1. The summed E-state index contributed by atoms with van der Waals surface area (Å²) in [6, 6.07) is 5.77.